The van der Waals surface area contributed by atoms with Gasteiger partial charge in [0.1, 0.15) is 5.75 Å². The smallest absolute Gasteiger partial charge is 0.272 e. The van der Waals surface area contributed by atoms with Gasteiger partial charge in [-0.25, -0.2) is 8.42 Å². The van der Waals surface area contributed by atoms with Gasteiger partial charge >= 0.3 is 0 Å². The number of para-hydroxylation sites is 1. The van der Waals surface area contributed by atoms with Gasteiger partial charge in [0.2, 0.25) is 8.32 Å². The molecule has 0 aromatic heterocycles. The highest BCUT2D eigenvalue weighted by Gasteiger charge is 2.39. The van der Waals surface area contributed by atoms with Crippen molar-refractivity contribution in [2.45, 2.75) is 50.7 Å². The molecule has 0 aliphatic carbocycles. The third-order valence-corrected chi connectivity index (χ3v) is 12.1. The number of carbonyl (C=O) groups is 1. The predicted octanol–water partition coefficient (Wildman–Crippen LogP) is 6.41. The second-order valence-corrected chi connectivity index (χ2v) is 16.1. The zero-order valence-corrected chi connectivity index (χ0v) is 21.8. The number of aryl methyl sites for hydroxylation is 1. The number of nitrogens with zero attached hydrogens (tertiary/aromatic N) is 1. The maximum Gasteiger partial charge on any atom is 0.272 e. The van der Waals surface area contributed by atoms with Crippen molar-refractivity contribution in [3.8, 4) is 5.75 Å². The van der Waals surface area contributed by atoms with Crippen LogP contribution < -0.4 is 8.73 Å². The summed E-state index contributed by atoms with van der Waals surface area (Å²) in [6.07, 6.45) is 0. The summed E-state index contributed by atoms with van der Waals surface area (Å²) < 4.78 is 34.4. The Bertz CT molecular complexity index is 1230. The number of hydrogen-bond donors (Lipinski definition) is 0. The van der Waals surface area contributed by atoms with E-state index < -0.39 is 24.2 Å². The first-order chi connectivity index (χ1) is 15.3. The van der Waals surface area contributed by atoms with Gasteiger partial charge in [0, 0.05) is 5.56 Å². The molecule has 0 heterocycles. The van der Waals surface area contributed by atoms with Crippen molar-refractivity contribution >= 4 is 29.9 Å². The third kappa shape index (κ3) is 5.37. The van der Waals surface area contributed by atoms with Crippen molar-refractivity contribution in [3.63, 3.8) is 0 Å². The fraction of sp³-hybridized carbons (Fsp3) is 0.269. The average Bonchev–Trinajstić information content (AvgIpc) is 2.74. The van der Waals surface area contributed by atoms with Crippen LogP contribution in [0.3, 0.4) is 0 Å². The molecule has 3 rings (SSSR count). The second-order valence-electron chi connectivity index (χ2n) is 9.61. The van der Waals surface area contributed by atoms with Crippen LogP contribution in [0.25, 0.3) is 0 Å². The standard InChI is InChI=1S/C26H31NO4SSi/c1-20-15-17-24(18-16-20)32(29,30)27(22-12-8-7-9-13-22)25(28)21-11-10-14-23(19-21)31-33(5,6)26(2,3)4/h7-19H,1-6H3. The van der Waals surface area contributed by atoms with Gasteiger partial charge in [-0.3, -0.25) is 4.79 Å². The van der Waals surface area contributed by atoms with Crippen LogP contribution in [0.15, 0.2) is 83.8 Å². The number of benzene rings is 3. The van der Waals surface area contributed by atoms with Gasteiger partial charge in [0.25, 0.3) is 15.9 Å². The Morgan fingerprint density at radius 1 is 0.879 bits per heavy atom. The van der Waals surface area contributed by atoms with E-state index >= 15 is 0 Å². The van der Waals surface area contributed by atoms with Crippen LogP contribution in [0, 0.1) is 6.92 Å². The Balaban J connectivity index is 2.06. The molecule has 0 N–H and O–H groups in total. The maximum absolute atomic E-state index is 13.6. The number of carbonyl (C=O) groups excluding carboxylic acids is 1. The lowest BCUT2D eigenvalue weighted by atomic mass is 10.2. The summed E-state index contributed by atoms with van der Waals surface area (Å²) in [5.41, 5.74) is 1.45. The lowest BCUT2D eigenvalue weighted by molar-refractivity contribution is 0.100. The lowest BCUT2D eigenvalue weighted by Crippen LogP contribution is -2.44. The van der Waals surface area contributed by atoms with E-state index in [1.807, 2.05) is 6.92 Å². The summed E-state index contributed by atoms with van der Waals surface area (Å²) >= 11 is 0. The van der Waals surface area contributed by atoms with E-state index in [0.717, 1.165) is 9.87 Å². The molecule has 0 saturated heterocycles. The van der Waals surface area contributed by atoms with E-state index in [1.165, 1.54) is 12.1 Å². The molecule has 0 radical (unpaired) electrons. The Kier molecular flexibility index (Phi) is 6.86. The van der Waals surface area contributed by atoms with Crippen molar-refractivity contribution in [2.24, 2.45) is 0 Å². The average molecular weight is 482 g/mol. The summed E-state index contributed by atoms with van der Waals surface area (Å²) in [5, 5.41) is -0.0160. The molecule has 0 unspecified atom stereocenters. The third-order valence-electron chi connectivity index (χ3n) is 5.99. The van der Waals surface area contributed by atoms with Crippen molar-refractivity contribution < 1.29 is 17.6 Å². The molecule has 3 aromatic rings. The first-order valence-electron chi connectivity index (χ1n) is 10.8. The molecule has 0 aliphatic heterocycles. The Hall–Kier alpha value is -2.90. The zero-order chi connectivity index (χ0) is 24.4. The molecule has 0 bridgehead atoms. The quantitative estimate of drug-likeness (QED) is 0.381. The van der Waals surface area contributed by atoms with E-state index in [2.05, 4.69) is 33.9 Å². The van der Waals surface area contributed by atoms with Crippen LogP contribution in [0.2, 0.25) is 18.1 Å². The predicted molar refractivity (Wildman–Crippen MR) is 136 cm³/mol. The van der Waals surface area contributed by atoms with E-state index in [4.69, 9.17) is 4.43 Å². The van der Waals surface area contributed by atoms with Crippen LogP contribution in [-0.2, 0) is 10.0 Å². The van der Waals surface area contributed by atoms with Gasteiger partial charge < -0.3 is 4.43 Å². The molecular formula is C26H31NO4SSi. The summed E-state index contributed by atoms with van der Waals surface area (Å²) in [4.78, 5) is 13.7. The second kappa shape index (κ2) is 9.15. The fourth-order valence-electron chi connectivity index (χ4n) is 3.00. The van der Waals surface area contributed by atoms with Crippen LogP contribution in [0.5, 0.6) is 5.75 Å². The highest BCUT2D eigenvalue weighted by Crippen LogP contribution is 2.37. The highest BCUT2D eigenvalue weighted by atomic mass is 32.2. The lowest BCUT2D eigenvalue weighted by Gasteiger charge is -2.36. The van der Waals surface area contributed by atoms with Crippen LogP contribution in [-0.4, -0.2) is 22.6 Å². The molecule has 5 nitrogen and oxygen atoms in total. The number of hydrogen-bond acceptors (Lipinski definition) is 4. The fourth-order valence-corrected chi connectivity index (χ4v) is 5.44. The summed E-state index contributed by atoms with van der Waals surface area (Å²) in [6, 6.07) is 21.6. The molecule has 0 atom stereocenters. The molecule has 174 valence electrons. The first-order valence-corrected chi connectivity index (χ1v) is 15.2. The maximum atomic E-state index is 13.6. The molecule has 0 saturated carbocycles. The largest absolute Gasteiger partial charge is 0.543 e. The van der Waals surface area contributed by atoms with Gasteiger partial charge in [-0.15, -0.1) is 0 Å². The minimum atomic E-state index is -4.14. The summed E-state index contributed by atoms with van der Waals surface area (Å²) in [6.45, 7) is 12.5. The number of amides is 1. The molecule has 7 heteroatoms. The van der Waals surface area contributed by atoms with E-state index in [0.29, 0.717) is 5.75 Å². The van der Waals surface area contributed by atoms with Crippen LogP contribution in [0.1, 0.15) is 36.7 Å². The topological polar surface area (TPSA) is 63.7 Å². The first kappa shape index (κ1) is 24.7. The van der Waals surface area contributed by atoms with Crippen LogP contribution >= 0.6 is 0 Å². The molecule has 0 aliphatic rings. The normalized spacial score (nSPS) is 12.3. The summed E-state index contributed by atoms with van der Waals surface area (Å²) in [7, 11) is -6.27. The zero-order valence-electron chi connectivity index (χ0n) is 20.0. The van der Waals surface area contributed by atoms with Gasteiger partial charge in [-0.2, -0.15) is 4.31 Å². The van der Waals surface area contributed by atoms with Gasteiger partial charge in [0.05, 0.1) is 10.6 Å². The van der Waals surface area contributed by atoms with E-state index in [1.54, 1.807) is 66.7 Å². The van der Waals surface area contributed by atoms with Crippen molar-refractivity contribution in [3.05, 3.63) is 90.0 Å². The van der Waals surface area contributed by atoms with Gasteiger partial charge in [-0.1, -0.05) is 62.7 Å². The highest BCUT2D eigenvalue weighted by molar-refractivity contribution is 7.93. The Labute approximate surface area is 198 Å². The molecular weight excluding hydrogens is 450 g/mol. The van der Waals surface area contributed by atoms with Crippen molar-refractivity contribution in [2.75, 3.05) is 4.31 Å². The minimum Gasteiger partial charge on any atom is -0.543 e. The van der Waals surface area contributed by atoms with Crippen molar-refractivity contribution in [1.29, 1.82) is 0 Å². The number of anilines is 1. The van der Waals surface area contributed by atoms with Gasteiger partial charge in [0.15, 0.2) is 0 Å². The molecule has 0 spiro atoms. The molecule has 3 aromatic carbocycles. The van der Waals surface area contributed by atoms with E-state index in [-0.39, 0.29) is 21.2 Å². The summed E-state index contributed by atoms with van der Waals surface area (Å²) in [5.74, 6) is -0.0735. The SMILES string of the molecule is Cc1ccc(S(=O)(=O)N(C(=O)c2cccc(O[Si](C)(C)C(C)(C)C)c2)c2ccccc2)cc1. The van der Waals surface area contributed by atoms with Gasteiger partial charge in [-0.05, 0) is 67.5 Å². The molecule has 0 fully saturated rings. The Morgan fingerprint density at radius 3 is 2.06 bits per heavy atom. The van der Waals surface area contributed by atoms with Crippen LogP contribution in [0.4, 0.5) is 5.69 Å². The number of sulfonamides is 1. The Morgan fingerprint density at radius 2 is 1.48 bits per heavy atom. The monoisotopic (exact) mass is 481 g/mol. The molecule has 33 heavy (non-hydrogen) atoms. The molecule has 1 amide bonds. The minimum absolute atomic E-state index is 0.0160. The number of rotatable bonds is 6. The van der Waals surface area contributed by atoms with Crippen molar-refractivity contribution in [1.82, 2.24) is 0 Å². The van der Waals surface area contributed by atoms with E-state index in [9.17, 15) is 13.2 Å².